The lowest BCUT2D eigenvalue weighted by Crippen LogP contribution is -2.46. The van der Waals surface area contributed by atoms with E-state index in [0.29, 0.717) is 24.5 Å². The van der Waals surface area contributed by atoms with Crippen LogP contribution in [0, 0.1) is 0 Å². The molecule has 2 aliphatic heterocycles. The Morgan fingerprint density at radius 2 is 1.70 bits per heavy atom. The molecule has 122 valence electrons. The first-order chi connectivity index (χ1) is 11.0. The molecule has 0 unspecified atom stereocenters. The Morgan fingerprint density at radius 1 is 1.04 bits per heavy atom. The molecule has 1 fully saturated rings. The van der Waals surface area contributed by atoms with Crippen molar-refractivity contribution >= 4 is 29.1 Å². The maximum atomic E-state index is 12.9. The molecule has 0 radical (unpaired) electrons. The van der Waals surface area contributed by atoms with Crippen LogP contribution in [-0.4, -0.2) is 54.8 Å². The Labute approximate surface area is 141 Å². The Bertz CT molecular complexity index is 678. The average molecular weight is 334 g/mol. The number of anilines is 1. The van der Waals surface area contributed by atoms with E-state index in [1.54, 1.807) is 6.07 Å². The van der Waals surface area contributed by atoms with Gasteiger partial charge in [-0.3, -0.25) is 9.59 Å². The third-order valence-electron chi connectivity index (χ3n) is 4.44. The zero-order valence-corrected chi connectivity index (χ0v) is 14.1. The Morgan fingerprint density at radius 3 is 2.35 bits per heavy atom. The maximum absolute atomic E-state index is 12.9. The molecule has 0 aromatic heterocycles. The molecular formula is C17H20ClN3O2. The standard InChI is InChI=1S/C17H20ClN3O2/c1-3-12-6-4-5-7-13(12)21-16(22)14(18)15(17(21)23)20-10-8-19(2)9-11-20/h4-7H,3,8-11H2,1-2H3. The van der Waals surface area contributed by atoms with Gasteiger partial charge in [-0.2, -0.15) is 0 Å². The van der Waals surface area contributed by atoms with Gasteiger partial charge < -0.3 is 9.80 Å². The number of imide groups is 1. The third kappa shape index (κ3) is 2.75. The summed E-state index contributed by atoms with van der Waals surface area (Å²) >= 11 is 6.25. The molecule has 2 aliphatic rings. The summed E-state index contributed by atoms with van der Waals surface area (Å²) in [5.74, 6) is -0.739. The molecule has 0 bridgehead atoms. The van der Waals surface area contributed by atoms with Crippen LogP contribution in [0.5, 0.6) is 0 Å². The highest BCUT2D eigenvalue weighted by atomic mass is 35.5. The molecule has 23 heavy (non-hydrogen) atoms. The highest BCUT2D eigenvalue weighted by molar-refractivity contribution is 6.52. The van der Waals surface area contributed by atoms with E-state index in [1.807, 2.05) is 37.1 Å². The van der Waals surface area contributed by atoms with Crippen molar-refractivity contribution in [2.24, 2.45) is 0 Å². The number of carbonyl (C=O) groups excluding carboxylic acids is 2. The lowest BCUT2D eigenvalue weighted by molar-refractivity contribution is -0.121. The van der Waals surface area contributed by atoms with Gasteiger partial charge in [0.1, 0.15) is 10.7 Å². The van der Waals surface area contributed by atoms with Gasteiger partial charge in [-0.1, -0.05) is 36.7 Å². The fourth-order valence-corrected chi connectivity index (χ4v) is 3.33. The van der Waals surface area contributed by atoms with Crippen molar-refractivity contribution in [1.82, 2.24) is 9.80 Å². The summed E-state index contributed by atoms with van der Waals surface area (Å²) in [5, 5.41) is 0.0328. The van der Waals surface area contributed by atoms with E-state index in [2.05, 4.69) is 4.90 Å². The van der Waals surface area contributed by atoms with Gasteiger partial charge in [0, 0.05) is 26.2 Å². The van der Waals surface area contributed by atoms with Crippen LogP contribution in [0.4, 0.5) is 5.69 Å². The zero-order chi connectivity index (χ0) is 16.6. The van der Waals surface area contributed by atoms with Gasteiger partial charge >= 0.3 is 0 Å². The number of piperazine rings is 1. The maximum Gasteiger partial charge on any atom is 0.283 e. The van der Waals surface area contributed by atoms with Gasteiger partial charge in [0.15, 0.2) is 0 Å². The normalized spacial score (nSPS) is 20.0. The number of nitrogens with zero attached hydrogens (tertiary/aromatic N) is 3. The van der Waals surface area contributed by atoms with E-state index in [-0.39, 0.29) is 10.9 Å². The van der Waals surface area contributed by atoms with Crippen molar-refractivity contribution in [2.75, 3.05) is 38.1 Å². The summed E-state index contributed by atoms with van der Waals surface area (Å²) in [6, 6.07) is 7.46. The molecular weight excluding hydrogens is 314 g/mol. The van der Waals surface area contributed by atoms with E-state index in [4.69, 9.17) is 11.6 Å². The number of carbonyl (C=O) groups is 2. The molecule has 5 nitrogen and oxygen atoms in total. The molecule has 0 N–H and O–H groups in total. The van der Waals surface area contributed by atoms with Crippen LogP contribution in [0.3, 0.4) is 0 Å². The molecule has 1 aromatic carbocycles. The molecule has 0 atom stereocenters. The average Bonchev–Trinajstić information content (AvgIpc) is 2.78. The van der Waals surface area contributed by atoms with E-state index in [1.165, 1.54) is 4.90 Å². The second-order valence-corrected chi connectivity index (χ2v) is 6.26. The quantitative estimate of drug-likeness (QED) is 0.791. The van der Waals surface area contributed by atoms with Crippen molar-refractivity contribution < 1.29 is 9.59 Å². The van der Waals surface area contributed by atoms with E-state index >= 15 is 0 Å². The first-order valence-corrected chi connectivity index (χ1v) is 8.22. The number of rotatable bonds is 3. The van der Waals surface area contributed by atoms with Crippen LogP contribution in [0.2, 0.25) is 0 Å². The summed E-state index contributed by atoms with van der Waals surface area (Å²) in [6.07, 6.45) is 0.745. The molecule has 1 saturated heterocycles. The summed E-state index contributed by atoms with van der Waals surface area (Å²) in [4.78, 5) is 30.8. The molecule has 0 aliphatic carbocycles. The van der Waals surface area contributed by atoms with Crippen molar-refractivity contribution in [2.45, 2.75) is 13.3 Å². The SMILES string of the molecule is CCc1ccccc1N1C(=O)C(Cl)=C(N2CCN(C)CC2)C1=O. The van der Waals surface area contributed by atoms with Crippen LogP contribution >= 0.6 is 11.6 Å². The van der Waals surface area contributed by atoms with Crippen molar-refractivity contribution in [1.29, 1.82) is 0 Å². The summed E-state index contributed by atoms with van der Waals surface area (Å²) in [7, 11) is 2.04. The van der Waals surface area contributed by atoms with Gasteiger partial charge in [0.2, 0.25) is 0 Å². The number of para-hydroxylation sites is 1. The van der Waals surface area contributed by atoms with Crippen LogP contribution < -0.4 is 4.90 Å². The first kappa shape index (κ1) is 16.0. The van der Waals surface area contributed by atoms with Crippen molar-refractivity contribution in [3.05, 3.63) is 40.6 Å². The fraction of sp³-hybridized carbons (Fsp3) is 0.412. The molecule has 6 heteroatoms. The molecule has 0 saturated carbocycles. The minimum Gasteiger partial charge on any atom is -0.363 e. The van der Waals surface area contributed by atoms with Crippen LogP contribution in [0.15, 0.2) is 35.0 Å². The summed E-state index contributed by atoms with van der Waals surface area (Å²) in [6.45, 7) is 5.09. The van der Waals surface area contributed by atoms with E-state index in [9.17, 15) is 9.59 Å². The number of hydrogen-bond acceptors (Lipinski definition) is 4. The second kappa shape index (κ2) is 6.34. The number of benzene rings is 1. The summed E-state index contributed by atoms with van der Waals surface area (Å²) in [5.41, 5.74) is 1.93. The Kier molecular flexibility index (Phi) is 4.41. The topological polar surface area (TPSA) is 43.9 Å². The van der Waals surface area contributed by atoms with Gasteiger partial charge in [-0.25, -0.2) is 4.90 Å². The minimum absolute atomic E-state index is 0.0328. The van der Waals surface area contributed by atoms with Gasteiger partial charge in [-0.05, 0) is 25.1 Å². The van der Waals surface area contributed by atoms with Crippen LogP contribution in [0.25, 0.3) is 0 Å². The molecule has 2 amide bonds. The number of likely N-dealkylation sites (N-methyl/N-ethyl adjacent to an activating group) is 1. The fourth-order valence-electron chi connectivity index (χ4n) is 3.04. The molecule has 0 spiro atoms. The second-order valence-electron chi connectivity index (χ2n) is 5.88. The van der Waals surface area contributed by atoms with Gasteiger partial charge in [0.25, 0.3) is 11.8 Å². The Hall–Kier alpha value is -1.85. The van der Waals surface area contributed by atoms with Crippen molar-refractivity contribution in [3.63, 3.8) is 0 Å². The molecule has 3 rings (SSSR count). The number of hydrogen-bond donors (Lipinski definition) is 0. The number of aryl methyl sites for hydroxylation is 1. The predicted octanol–water partition coefficient (Wildman–Crippen LogP) is 1.82. The highest BCUT2D eigenvalue weighted by Crippen LogP contribution is 2.33. The van der Waals surface area contributed by atoms with Crippen molar-refractivity contribution in [3.8, 4) is 0 Å². The predicted molar refractivity (Wildman–Crippen MR) is 90.3 cm³/mol. The third-order valence-corrected chi connectivity index (χ3v) is 4.78. The van der Waals surface area contributed by atoms with Gasteiger partial charge in [0.05, 0.1) is 5.69 Å². The number of halogens is 1. The number of amides is 2. The Balaban J connectivity index is 1.93. The molecule has 1 aromatic rings. The first-order valence-electron chi connectivity index (χ1n) is 7.84. The van der Waals surface area contributed by atoms with E-state index in [0.717, 1.165) is 25.1 Å². The lowest BCUT2D eigenvalue weighted by atomic mass is 10.1. The lowest BCUT2D eigenvalue weighted by Gasteiger charge is -2.34. The van der Waals surface area contributed by atoms with Crippen LogP contribution in [0.1, 0.15) is 12.5 Å². The summed E-state index contributed by atoms with van der Waals surface area (Å²) < 4.78 is 0. The van der Waals surface area contributed by atoms with Gasteiger partial charge in [-0.15, -0.1) is 0 Å². The smallest absolute Gasteiger partial charge is 0.283 e. The monoisotopic (exact) mass is 333 g/mol. The zero-order valence-electron chi connectivity index (χ0n) is 13.4. The van der Waals surface area contributed by atoms with E-state index < -0.39 is 5.91 Å². The molecule has 2 heterocycles. The minimum atomic E-state index is -0.425. The van der Waals surface area contributed by atoms with Crippen LogP contribution in [-0.2, 0) is 16.0 Å². The highest BCUT2D eigenvalue weighted by Gasteiger charge is 2.42. The largest absolute Gasteiger partial charge is 0.363 e.